The van der Waals surface area contributed by atoms with Gasteiger partial charge in [0.2, 0.25) is 0 Å². The predicted octanol–water partition coefficient (Wildman–Crippen LogP) is 7.33. The van der Waals surface area contributed by atoms with Crippen LogP contribution in [0.25, 0.3) is 0 Å². The highest BCUT2D eigenvalue weighted by Crippen LogP contribution is 2.36. The van der Waals surface area contributed by atoms with Crippen LogP contribution in [0.4, 0.5) is 0 Å². The van der Waals surface area contributed by atoms with Gasteiger partial charge in [0.1, 0.15) is 0 Å². The Kier molecular flexibility index (Phi) is 12.0. The molecule has 1 rings (SSSR count). The molecule has 3 heteroatoms. The summed E-state index contributed by atoms with van der Waals surface area (Å²) >= 11 is 0. The second-order valence-corrected chi connectivity index (χ2v) is 10.4. The van der Waals surface area contributed by atoms with Crippen LogP contribution in [0.1, 0.15) is 106 Å². The fourth-order valence-electron chi connectivity index (χ4n) is 4.11. The molecule has 0 bridgehead atoms. The molecule has 0 aliphatic heterocycles. The Balaban J connectivity index is 2.30. The van der Waals surface area contributed by atoms with E-state index in [1.807, 2.05) is 6.92 Å². The van der Waals surface area contributed by atoms with Crippen LogP contribution in [0.3, 0.4) is 0 Å². The van der Waals surface area contributed by atoms with Gasteiger partial charge >= 0.3 is 0 Å². The lowest BCUT2D eigenvalue weighted by molar-refractivity contribution is 0.0379. The Hall–Kier alpha value is -0.430. The molecule has 29 heavy (non-hydrogen) atoms. The third kappa shape index (κ3) is 9.95. The third-order valence-corrected chi connectivity index (χ3v) is 7.58. The van der Waals surface area contributed by atoms with Crippen molar-refractivity contribution in [2.24, 2.45) is 11.8 Å². The first-order valence-corrected chi connectivity index (χ1v) is 12.4. The minimum absolute atomic E-state index is 0.229. The van der Waals surface area contributed by atoms with Crippen LogP contribution < -0.4 is 0 Å². The lowest BCUT2D eigenvalue weighted by Crippen LogP contribution is -2.23. The van der Waals surface area contributed by atoms with Crippen molar-refractivity contribution in [3.05, 3.63) is 34.2 Å². The molecular formula is C26H47O2P. The Bertz CT molecular complexity index is 586. The van der Waals surface area contributed by atoms with E-state index in [-0.39, 0.29) is 12.0 Å². The van der Waals surface area contributed by atoms with Gasteiger partial charge in [-0.25, -0.2) is 0 Å². The van der Waals surface area contributed by atoms with Crippen molar-refractivity contribution in [3.63, 3.8) is 0 Å². The second kappa shape index (κ2) is 13.1. The van der Waals surface area contributed by atoms with Gasteiger partial charge in [-0.05, 0) is 88.9 Å². The van der Waals surface area contributed by atoms with Gasteiger partial charge in [-0.15, -0.1) is 9.24 Å². The topological polar surface area (TPSA) is 40.5 Å². The molecule has 0 saturated carbocycles. The fraction of sp³-hybridized carbons (Fsp3) is 0.769. The highest BCUT2D eigenvalue weighted by atomic mass is 31.0. The molecule has 0 aromatic rings. The first kappa shape index (κ1) is 26.6. The zero-order chi connectivity index (χ0) is 22.0. The van der Waals surface area contributed by atoms with Gasteiger partial charge in [0.25, 0.3) is 0 Å². The van der Waals surface area contributed by atoms with Gasteiger partial charge in [-0.1, -0.05) is 56.9 Å². The molecule has 1 aliphatic carbocycles. The summed E-state index contributed by atoms with van der Waals surface area (Å²) in [5, 5.41) is 21.9. The number of allylic oxidation sites excluding steroid dienone is 4. The van der Waals surface area contributed by atoms with Crippen molar-refractivity contribution >= 4 is 9.24 Å². The van der Waals surface area contributed by atoms with E-state index >= 15 is 0 Å². The molecular weight excluding hydrogens is 375 g/mol. The maximum atomic E-state index is 10.4. The van der Waals surface area contributed by atoms with Crippen LogP contribution in [0, 0.1) is 11.8 Å². The summed E-state index contributed by atoms with van der Waals surface area (Å²) in [4.78, 5) is 0. The lowest BCUT2D eigenvalue weighted by atomic mass is 9.85. The van der Waals surface area contributed by atoms with E-state index < -0.39 is 5.60 Å². The fourth-order valence-corrected chi connectivity index (χ4v) is 4.61. The van der Waals surface area contributed by atoms with E-state index in [1.165, 1.54) is 34.9 Å². The van der Waals surface area contributed by atoms with Crippen molar-refractivity contribution in [3.8, 4) is 0 Å². The van der Waals surface area contributed by atoms with Crippen molar-refractivity contribution < 1.29 is 10.2 Å². The van der Waals surface area contributed by atoms with Gasteiger partial charge in [0, 0.05) is 5.92 Å². The largest absolute Gasteiger partial charge is 0.390 e. The van der Waals surface area contributed by atoms with E-state index in [0.717, 1.165) is 51.4 Å². The molecule has 0 heterocycles. The molecule has 2 N–H and O–H groups in total. The summed E-state index contributed by atoms with van der Waals surface area (Å²) in [7, 11) is 2.89. The number of rotatable bonds is 13. The van der Waals surface area contributed by atoms with E-state index in [4.69, 9.17) is 0 Å². The first-order valence-electron chi connectivity index (χ1n) is 11.8. The van der Waals surface area contributed by atoms with Crippen molar-refractivity contribution in [1.29, 1.82) is 0 Å². The summed E-state index contributed by atoms with van der Waals surface area (Å²) in [5.74, 6) is 0.913. The molecule has 0 aromatic heterocycles. The number of unbranched alkanes of at least 4 members (excludes halogenated alkanes) is 1. The number of aliphatic hydroxyl groups is 2. The Morgan fingerprint density at radius 2 is 1.93 bits per heavy atom. The number of hydrogen-bond acceptors (Lipinski definition) is 2. The Labute approximate surface area is 183 Å². The molecule has 168 valence electrons. The quantitative estimate of drug-likeness (QED) is 0.241. The van der Waals surface area contributed by atoms with Gasteiger partial charge in [-0.3, -0.25) is 0 Å². The molecule has 5 atom stereocenters. The summed E-state index contributed by atoms with van der Waals surface area (Å²) in [6, 6.07) is 0. The monoisotopic (exact) mass is 422 g/mol. The molecule has 2 nitrogen and oxygen atoms in total. The van der Waals surface area contributed by atoms with E-state index in [9.17, 15) is 10.2 Å². The average Bonchev–Trinajstić information content (AvgIpc) is 2.66. The Morgan fingerprint density at radius 1 is 1.28 bits per heavy atom. The summed E-state index contributed by atoms with van der Waals surface area (Å²) < 4.78 is 0. The minimum Gasteiger partial charge on any atom is -0.390 e. The van der Waals surface area contributed by atoms with Crippen LogP contribution in [0.2, 0.25) is 0 Å². The number of hydrogen-bond donors (Lipinski definition) is 2. The van der Waals surface area contributed by atoms with Crippen LogP contribution in [-0.2, 0) is 0 Å². The summed E-state index contributed by atoms with van der Waals surface area (Å²) in [6.07, 6.45) is 15.0. The smallest absolute Gasteiger partial charge is 0.0789 e. The average molecular weight is 423 g/mol. The molecule has 0 amide bonds. The maximum Gasteiger partial charge on any atom is 0.0789 e. The van der Waals surface area contributed by atoms with Crippen LogP contribution in [0.5, 0.6) is 0 Å². The Morgan fingerprint density at radius 3 is 2.59 bits per heavy atom. The highest BCUT2D eigenvalue weighted by Gasteiger charge is 2.23. The molecule has 5 unspecified atom stereocenters. The minimum atomic E-state index is -0.493. The first-order chi connectivity index (χ1) is 13.6. The second-order valence-electron chi connectivity index (χ2n) is 9.79. The lowest BCUT2D eigenvalue weighted by Gasteiger charge is -2.27. The standard InChI is InChI=1S/C26H47O2P/c1-7-8-16-26(6,28)17-10-13-19(2)11-9-12-20(3)14-15-23-18-24(27)21(4)22(5)25(23)29/h11,18,20-21,24,27-28H,7-10,12-17,29H2,1-6H3/b19-11+. The molecule has 0 fully saturated rings. The molecule has 0 spiro atoms. The molecule has 0 aromatic carbocycles. The highest BCUT2D eigenvalue weighted by molar-refractivity contribution is 7.23. The van der Waals surface area contributed by atoms with Gasteiger partial charge in [0.05, 0.1) is 11.7 Å². The van der Waals surface area contributed by atoms with Crippen molar-refractivity contribution in [2.45, 2.75) is 117 Å². The van der Waals surface area contributed by atoms with E-state index in [2.05, 4.69) is 56.0 Å². The zero-order valence-corrected chi connectivity index (χ0v) is 21.1. The van der Waals surface area contributed by atoms with Gasteiger partial charge in [-0.2, -0.15) is 0 Å². The van der Waals surface area contributed by atoms with Gasteiger partial charge in [0.15, 0.2) is 0 Å². The number of aliphatic hydroxyl groups excluding tert-OH is 1. The summed E-state index contributed by atoms with van der Waals surface area (Å²) in [6.45, 7) is 13.0. The predicted molar refractivity (Wildman–Crippen MR) is 131 cm³/mol. The normalized spacial score (nSPS) is 23.8. The summed E-state index contributed by atoms with van der Waals surface area (Å²) in [5.41, 5.74) is 3.58. The van der Waals surface area contributed by atoms with E-state index in [1.54, 1.807) is 0 Å². The molecule has 1 aliphatic rings. The molecule has 0 saturated heterocycles. The maximum absolute atomic E-state index is 10.4. The van der Waals surface area contributed by atoms with Crippen LogP contribution in [0.15, 0.2) is 34.2 Å². The van der Waals surface area contributed by atoms with Gasteiger partial charge < -0.3 is 10.2 Å². The third-order valence-electron chi connectivity index (χ3n) is 6.75. The molecule has 0 radical (unpaired) electrons. The zero-order valence-electron chi connectivity index (χ0n) is 19.9. The van der Waals surface area contributed by atoms with Crippen molar-refractivity contribution in [1.82, 2.24) is 0 Å². The van der Waals surface area contributed by atoms with Crippen molar-refractivity contribution in [2.75, 3.05) is 0 Å². The SMILES string of the molecule is CCCCC(C)(O)CCC/C(C)=C/CCC(C)CCC1=CC(O)C(C)C(C)=C1P. The van der Waals surface area contributed by atoms with Crippen LogP contribution in [-0.4, -0.2) is 21.9 Å². The van der Waals surface area contributed by atoms with E-state index in [0.29, 0.717) is 5.92 Å². The van der Waals surface area contributed by atoms with Crippen LogP contribution >= 0.6 is 9.24 Å².